The van der Waals surface area contributed by atoms with E-state index in [4.69, 9.17) is 9.31 Å². The molecule has 1 fully saturated rings. The van der Waals surface area contributed by atoms with Crippen LogP contribution in [0.3, 0.4) is 0 Å². The molecule has 4 heteroatoms. The summed E-state index contributed by atoms with van der Waals surface area (Å²) in [5, 5.41) is 15.9. The molecule has 14 aromatic rings. The van der Waals surface area contributed by atoms with Gasteiger partial charge in [-0.2, -0.15) is 0 Å². The van der Waals surface area contributed by atoms with E-state index in [0.29, 0.717) is 0 Å². The van der Waals surface area contributed by atoms with E-state index < -0.39 is 0 Å². The molecule has 0 bridgehead atoms. The quantitative estimate of drug-likeness (QED) is 0.130. The van der Waals surface area contributed by atoms with E-state index in [1.54, 1.807) is 0 Å². The van der Waals surface area contributed by atoms with Crippen LogP contribution in [-0.2, 0) is 36.4 Å². The minimum atomic E-state index is -0.352. The SMILES string of the molecule is CC(C)(C)c1cc2ccc3ccc(-c4ccc5c(c4)C(C)(C)c4ccccc4-5)c4ccc(c1)c2c34.CC(C)(C)c1cc2ccc3ccc(B4OC(C)(C)C(C)(C)O4)c4ccc(c1)c2c34.CC1(C)c2ccccc2-c2ccc(-c3ccc4c(c3)C(C)(C)c3cc(Br)ccc3-4)cc21. The van der Waals surface area contributed by atoms with Crippen LogP contribution in [0.1, 0.15) is 155 Å². The van der Waals surface area contributed by atoms with Gasteiger partial charge in [0.25, 0.3) is 0 Å². The van der Waals surface area contributed by atoms with Crippen LogP contribution < -0.4 is 5.46 Å². The second-order valence-electron chi connectivity index (χ2n) is 32.4. The summed E-state index contributed by atoms with van der Waals surface area (Å²) in [5.74, 6) is 0. The molecule has 95 heavy (non-hydrogen) atoms. The van der Waals surface area contributed by atoms with Crippen molar-refractivity contribution in [2.75, 3.05) is 0 Å². The highest BCUT2D eigenvalue weighted by Crippen LogP contribution is 2.54. The molecule has 3 aliphatic carbocycles. The molecule has 470 valence electrons. The van der Waals surface area contributed by atoms with E-state index >= 15 is 0 Å². The molecule has 18 rings (SSSR count). The summed E-state index contributed by atoms with van der Waals surface area (Å²) in [7, 11) is -0.352. The number of fused-ring (bicyclic) bond motifs is 9. The smallest absolute Gasteiger partial charge is 0.399 e. The monoisotopic (exact) mass is 1300 g/mol. The maximum atomic E-state index is 6.38. The van der Waals surface area contributed by atoms with Gasteiger partial charge in [0.15, 0.2) is 0 Å². The van der Waals surface area contributed by atoms with Gasteiger partial charge in [0.1, 0.15) is 0 Å². The van der Waals surface area contributed by atoms with Crippen LogP contribution in [0.15, 0.2) is 223 Å². The molecule has 14 aromatic carbocycles. The van der Waals surface area contributed by atoms with Gasteiger partial charge in [0.05, 0.1) is 11.2 Å². The van der Waals surface area contributed by atoms with Gasteiger partial charge in [-0.05, 0) is 239 Å². The van der Waals surface area contributed by atoms with Gasteiger partial charge in [-0.25, -0.2) is 0 Å². The van der Waals surface area contributed by atoms with Gasteiger partial charge in [-0.15, -0.1) is 0 Å². The van der Waals surface area contributed by atoms with Crippen LogP contribution in [0, 0.1) is 0 Å². The normalized spacial score (nSPS) is 16.6. The van der Waals surface area contributed by atoms with Crippen molar-refractivity contribution in [3.8, 4) is 55.6 Å². The van der Waals surface area contributed by atoms with Crippen LogP contribution in [0.25, 0.3) is 120 Å². The summed E-state index contributed by atoms with van der Waals surface area (Å²) in [5.41, 5.74) is 25.5. The van der Waals surface area contributed by atoms with E-state index in [1.807, 2.05) is 0 Å². The average Bonchev–Trinajstić information content (AvgIpc) is 1.69. The first kappa shape index (κ1) is 61.5. The standard InChI is InChI=1S/C35H30.C30H25Br.C26H29BO2/c1-34(2,3)25-18-23-11-10-21-12-15-26(29-17-14-24(19-25)32(23)33(21)29)22-13-16-28-27-8-6-7-9-30(27)35(4,5)31(28)20-22;1-29(2)25-8-6-5-7-21(25)22-12-9-18(15-26(22)29)19-10-13-23-24-14-11-20(31)17-28(24)30(3,4)27(23)16-19;1-24(2,3)19-14-17-9-8-16-11-13-21(27-28-25(4,5)26(6,7)29-27)20-12-10-18(15-19)22(17)23(16)20/h6-20H,1-5H3;5-17H,1-4H3;8-15H,1-7H3. The van der Waals surface area contributed by atoms with E-state index in [0.717, 1.165) is 9.94 Å². The fourth-order valence-corrected chi connectivity index (χ4v) is 17.0. The largest absolute Gasteiger partial charge is 0.495 e. The van der Waals surface area contributed by atoms with Crippen molar-refractivity contribution < 1.29 is 9.31 Å². The number of rotatable bonds is 3. The summed E-state index contributed by atoms with van der Waals surface area (Å²) in [6, 6.07) is 82.3. The lowest BCUT2D eigenvalue weighted by molar-refractivity contribution is 0.00578. The minimum Gasteiger partial charge on any atom is -0.399 e. The molecule has 4 aliphatic rings. The molecule has 0 atom stereocenters. The highest BCUT2D eigenvalue weighted by atomic mass is 79.9. The van der Waals surface area contributed by atoms with Gasteiger partial charge in [-0.3, -0.25) is 0 Å². The summed E-state index contributed by atoms with van der Waals surface area (Å²) in [6.07, 6.45) is 0. The van der Waals surface area contributed by atoms with Crippen molar-refractivity contribution in [2.45, 2.75) is 149 Å². The molecule has 0 spiro atoms. The average molecular weight is 1300 g/mol. The van der Waals surface area contributed by atoms with Crippen molar-refractivity contribution in [1.82, 2.24) is 0 Å². The molecular weight excluding hydrogens is 1220 g/mol. The minimum absolute atomic E-state index is 0.00328. The third-order valence-electron chi connectivity index (χ3n) is 22.9. The summed E-state index contributed by atoms with van der Waals surface area (Å²) >= 11 is 3.66. The van der Waals surface area contributed by atoms with E-state index in [2.05, 4.69) is 345 Å². The Bertz CT molecular complexity index is 5450. The third-order valence-corrected chi connectivity index (χ3v) is 23.4. The summed E-state index contributed by atoms with van der Waals surface area (Å²) in [4.78, 5) is 0. The first-order valence-corrected chi connectivity index (χ1v) is 35.0. The maximum Gasteiger partial charge on any atom is 0.495 e. The molecule has 2 nitrogen and oxygen atoms in total. The van der Waals surface area contributed by atoms with Gasteiger partial charge < -0.3 is 9.31 Å². The first-order valence-electron chi connectivity index (χ1n) is 34.2. The number of hydrogen-bond donors (Lipinski definition) is 0. The topological polar surface area (TPSA) is 18.5 Å². The Morgan fingerprint density at radius 3 is 1.11 bits per heavy atom. The van der Waals surface area contributed by atoms with Crippen LogP contribution in [0.5, 0.6) is 0 Å². The van der Waals surface area contributed by atoms with E-state index in [-0.39, 0.29) is 45.4 Å². The zero-order valence-electron chi connectivity index (χ0n) is 58.1. The Balaban J connectivity index is 0.000000113. The second-order valence-corrected chi connectivity index (χ2v) is 33.4. The Labute approximate surface area is 570 Å². The van der Waals surface area contributed by atoms with Crippen LogP contribution in [-0.4, -0.2) is 18.3 Å². The number of halogens is 1. The molecule has 1 heterocycles. The van der Waals surface area contributed by atoms with Gasteiger partial charge in [0.2, 0.25) is 0 Å². The highest BCUT2D eigenvalue weighted by molar-refractivity contribution is 9.10. The third kappa shape index (κ3) is 9.53. The molecule has 1 aliphatic heterocycles. The molecule has 1 saturated heterocycles. The van der Waals surface area contributed by atoms with Crippen LogP contribution in [0.2, 0.25) is 0 Å². The molecule has 0 aromatic heterocycles. The Hall–Kier alpha value is -8.38. The molecule has 0 amide bonds. The fraction of sp³-hybridized carbons (Fsp3) is 0.253. The molecular formula is C91H84BBrO2. The second kappa shape index (κ2) is 21.1. The maximum absolute atomic E-state index is 6.38. The summed E-state index contributed by atoms with van der Waals surface area (Å²) in [6.45, 7) is 36.3. The zero-order valence-corrected chi connectivity index (χ0v) is 59.6. The van der Waals surface area contributed by atoms with Crippen molar-refractivity contribution in [3.63, 3.8) is 0 Å². The van der Waals surface area contributed by atoms with Gasteiger partial charge in [-0.1, -0.05) is 287 Å². The lowest BCUT2D eigenvalue weighted by atomic mass is 9.74. The van der Waals surface area contributed by atoms with Crippen LogP contribution >= 0.6 is 15.9 Å². The molecule has 0 radical (unpaired) electrons. The van der Waals surface area contributed by atoms with E-state index in [1.165, 1.54) is 165 Å². The zero-order chi connectivity index (χ0) is 66.4. The van der Waals surface area contributed by atoms with Crippen molar-refractivity contribution in [3.05, 3.63) is 267 Å². The van der Waals surface area contributed by atoms with E-state index in [9.17, 15) is 0 Å². The fourth-order valence-electron chi connectivity index (χ4n) is 16.6. The number of benzene rings is 14. The van der Waals surface area contributed by atoms with Crippen LogP contribution in [0.4, 0.5) is 0 Å². The summed E-state index contributed by atoms with van der Waals surface area (Å²) < 4.78 is 13.9. The molecule has 0 N–H and O–H groups in total. The van der Waals surface area contributed by atoms with Gasteiger partial charge in [0, 0.05) is 20.7 Å². The lowest BCUT2D eigenvalue weighted by Gasteiger charge is -2.32. The predicted molar refractivity (Wildman–Crippen MR) is 411 cm³/mol. The first-order chi connectivity index (χ1) is 45.0. The predicted octanol–water partition coefficient (Wildman–Crippen LogP) is 24.8. The van der Waals surface area contributed by atoms with Crippen molar-refractivity contribution in [2.24, 2.45) is 0 Å². The highest BCUT2D eigenvalue weighted by Gasteiger charge is 2.52. The Morgan fingerprint density at radius 2 is 0.632 bits per heavy atom. The Kier molecular flexibility index (Phi) is 13.6. The lowest BCUT2D eigenvalue weighted by Crippen LogP contribution is -2.41. The molecule has 0 saturated carbocycles. The Morgan fingerprint density at radius 1 is 0.295 bits per heavy atom. The number of hydrogen-bond acceptors (Lipinski definition) is 2. The van der Waals surface area contributed by atoms with Crippen molar-refractivity contribution in [1.29, 1.82) is 0 Å². The van der Waals surface area contributed by atoms with Crippen molar-refractivity contribution >= 4 is 93.1 Å². The molecule has 0 unspecified atom stereocenters. The van der Waals surface area contributed by atoms with Gasteiger partial charge >= 0.3 is 7.12 Å².